The summed E-state index contributed by atoms with van der Waals surface area (Å²) in [7, 11) is 0. The van der Waals surface area contributed by atoms with Crippen LogP contribution in [0.3, 0.4) is 0 Å². The van der Waals surface area contributed by atoms with Gasteiger partial charge in [-0.05, 0) is 6.42 Å². The summed E-state index contributed by atoms with van der Waals surface area (Å²) in [6.45, 7) is 2.47. The standard InChI is InChI=1S/C7H16N4O2/c1-4(3-11-7(9)10)2-5(8)6(12)13/h4-5H,2-3,8H2,1H3,(H,12,13)(H4,9,10,11)/p+1/t4?,5-/m0/s1. The minimum Gasteiger partial charge on any atom is -0.480 e. The molecule has 1 unspecified atom stereocenters. The monoisotopic (exact) mass is 189 g/mol. The number of carboxylic acids is 1. The highest BCUT2D eigenvalue weighted by molar-refractivity contribution is 5.73. The number of carbonyl (C=O) groups is 1. The van der Waals surface area contributed by atoms with Gasteiger partial charge in [-0.3, -0.25) is 10.1 Å². The third kappa shape index (κ3) is 6.06. The second kappa shape index (κ2) is 5.50. The molecule has 0 amide bonds. The van der Waals surface area contributed by atoms with Gasteiger partial charge in [0.1, 0.15) is 6.04 Å². The van der Waals surface area contributed by atoms with Crippen LogP contribution in [-0.4, -0.2) is 29.6 Å². The summed E-state index contributed by atoms with van der Waals surface area (Å²) in [5.41, 5.74) is 10.4. The fraction of sp³-hybridized carbons (Fsp3) is 0.714. The fourth-order valence-electron chi connectivity index (χ4n) is 0.959. The van der Waals surface area contributed by atoms with E-state index in [0.717, 1.165) is 0 Å². The normalized spacial score (nSPS) is 14.9. The SMILES string of the molecule is CC(C[NH2+]C(=N)N)C[C@H](N)C(=O)O. The average molecular weight is 189 g/mol. The Balaban J connectivity index is 3.67. The third-order valence-corrected chi connectivity index (χ3v) is 1.71. The number of rotatable bonds is 5. The first-order valence-electron chi connectivity index (χ1n) is 4.09. The van der Waals surface area contributed by atoms with Crippen LogP contribution in [0.4, 0.5) is 0 Å². The average Bonchev–Trinajstić information content (AvgIpc) is 2.00. The zero-order valence-electron chi connectivity index (χ0n) is 7.66. The first-order chi connectivity index (χ1) is 5.93. The maximum Gasteiger partial charge on any atom is 0.320 e. The largest absolute Gasteiger partial charge is 0.480 e. The fourth-order valence-corrected chi connectivity index (χ4v) is 0.959. The number of carboxylic acid groups (broad SMARTS) is 1. The van der Waals surface area contributed by atoms with Crippen molar-refractivity contribution in [3.05, 3.63) is 0 Å². The Morgan fingerprint density at radius 2 is 2.23 bits per heavy atom. The number of quaternary nitrogens is 1. The van der Waals surface area contributed by atoms with Gasteiger partial charge in [0.2, 0.25) is 0 Å². The number of hydrogen-bond donors (Lipinski definition) is 5. The van der Waals surface area contributed by atoms with E-state index < -0.39 is 12.0 Å². The van der Waals surface area contributed by atoms with Gasteiger partial charge in [0.25, 0.3) is 5.96 Å². The molecule has 76 valence electrons. The van der Waals surface area contributed by atoms with Gasteiger partial charge in [-0.2, -0.15) is 0 Å². The highest BCUT2D eigenvalue weighted by Gasteiger charge is 2.16. The van der Waals surface area contributed by atoms with E-state index in [1.54, 1.807) is 5.32 Å². The van der Waals surface area contributed by atoms with E-state index in [4.69, 9.17) is 22.0 Å². The molecule has 13 heavy (non-hydrogen) atoms. The number of nitrogens with one attached hydrogen (secondary N) is 1. The maximum absolute atomic E-state index is 10.4. The molecule has 0 aromatic carbocycles. The van der Waals surface area contributed by atoms with E-state index in [9.17, 15) is 4.79 Å². The molecular weight excluding hydrogens is 172 g/mol. The van der Waals surface area contributed by atoms with Crippen LogP contribution in [0, 0.1) is 11.3 Å². The highest BCUT2D eigenvalue weighted by atomic mass is 16.4. The van der Waals surface area contributed by atoms with Crippen LogP contribution < -0.4 is 16.8 Å². The number of aliphatic carboxylic acids is 1. The van der Waals surface area contributed by atoms with E-state index in [1.165, 1.54) is 0 Å². The van der Waals surface area contributed by atoms with E-state index in [-0.39, 0.29) is 11.9 Å². The lowest BCUT2D eigenvalue weighted by molar-refractivity contribution is -0.549. The first-order valence-corrected chi connectivity index (χ1v) is 4.09. The molecule has 8 N–H and O–H groups in total. The summed E-state index contributed by atoms with van der Waals surface area (Å²) < 4.78 is 0. The van der Waals surface area contributed by atoms with E-state index in [1.807, 2.05) is 6.92 Å². The second-order valence-electron chi connectivity index (χ2n) is 3.18. The maximum atomic E-state index is 10.4. The van der Waals surface area contributed by atoms with Crippen molar-refractivity contribution in [2.75, 3.05) is 6.54 Å². The van der Waals surface area contributed by atoms with Crippen LogP contribution in [-0.2, 0) is 4.79 Å². The lowest BCUT2D eigenvalue weighted by atomic mass is 10.0. The highest BCUT2D eigenvalue weighted by Crippen LogP contribution is 2.01. The van der Waals surface area contributed by atoms with Crippen molar-refractivity contribution in [3.63, 3.8) is 0 Å². The predicted octanol–water partition coefficient (Wildman–Crippen LogP) is -2.12. The van der Waals surface area contributed by atoms with Crippen molar-refractivity contribution < 1.29 is 15.2 Å². The number of guanidine groups is 1. The van der Waals surface area contributed by atoms with Gasteiger partial charge in [0.05, 0.1) is 6.54 Å². The smallest absolute Gasteiger partial charge is 0.320 e. The van der Waals surface area contributed by atoms with Crippen molar-refractivity contribution in [1.82, 2.24) is 0 Å². The van der Waals surface area contributed by atoms with Gasteiger partial charge in [-0.15, -0.1) is 0 Å². The molecule has 0 aliphatic rings. The minimum absolute atomic E-state index is 0.00995. The molecule has 0 spiro atoms. The van der Waals surface area contributed by atoms with E-state index in [0.29, 0.717) is 13.0 Å². The van der Waals surface area contributed by atoms with Crippen LogP contribution in [0.5, 0.6) is 0 Å². The number of hydrogen-bond acceptors (Lipinski definition) is 3. The Morgan fingerprint density at radius 1 is 1.69 bits per heavy atom. The molecule has 0 saturated carbocycles. The minimum atomic E-state index is -0.991. The van der Waals surface area contributed by atoms with E-state index in [2.05, 4.69) is 0 Å². The molecule has 6 heteroatoms. The molecule has 0 rings (SSSR count). The second-order valence-corrected chi connectivity index (χ2v) is 3.18. The molecule has 6 nitrogen and oxygen atoms in total. The summed E-state index contributed by atoms with van der Waals surface area (Å²) in [5, 5.41) is 17.0. The van der Waals surface area contributed by atoms with Gasteiger partial charge in [0.15, 0.2) is 0 Å². The summed E-state index contributed by atoms with van der Waals surface area (Å²) >= 11 is 0. The van der Waals surface area contributed by atoms with Gasteiger partial charge >= 0.3 is 5.97 Å². The number of nitrogens with two attached hydrogens (primary N) is 3. The molecule has 2 atom stereocenters. The summed E-state index contributed by atoms with van der Waals surface area (Å²) in [5.74, 6) is -0.847. The Hall–Kier alpha value is -1.14. The molecule has 0 fully saturated rings. The quantitative estimate of drug-likeness (QED) is 0.250. The van der Waals surface area contributed by atoms with Crippen LogP contribution >= 0.6 is 0 Å². The predicted molar refractivity (Wildman–Crippen MR) is 48.1 cm³/mol. The molecule has 0 aromatic heterocycles. The molecule has 0 heterocycles. The summed E-state index contributed by atoms with van der Waals surface area (Å²) in [6.07, 6.45) is 0.402. The Morgan fingerprint density at radius 3 is 2.62 bits per heavy atom. The molecule has 0 aliphatic heterocycles. The van der Waals surface area contributed by atoms with Crippen molar-refractivity contribution in [1.29, 1.82) is 5.41 Å². The van der Waals surface area contributed by atoms with Gasteiger partial charge < -0.3 is 16.6 Å². The first kappa shape index (κ1) is 11.9. The van der Waals surface area contributed by atoms with Crippen LogP contribution in [0.1, 0.15) is 13.3 Å². The van der Waals surface area contributed by atoms with Gasteiger partial charge in [-0.1, -0.05) is 6.92 Å². The zero-order valence-corrected chi connectivity index (χ0v) is 7.66. The zero-order chi connectivity index (χ0) is 10.4. The lowest BCUT2D eigenvalue weighted by Gasteiger charge is -2.11. The molecular formula is C7H17N4O2+. The van der Waals surface area contributed by atoms with Gasteiger partial charge in [0, 0.05) is 5.92 Å². The summed E-state index contributed by atoms with van der Waals surface area (Å²) in [6, 6.07) is -0.824. The van der Waals surface area contributed by atoms with Crippen LogP contribution in [0.2, 0.25) is 0 Å². The molecule has 0 aromatic rings. The Bertz CT molecular complexity index is 195. The van der Waals surface area contributed by atoms with Crippen LogP contribution in [0.15, 0.2) is 0 Å². The molecule has 0 aliphatic carbocycles. The van der Waals surface area contributed by atoms with E-state index >= 15 is 0 Å². The Kier molecular flexibility index (Phi) is 5.01. The molecule has 0 radical (unpaired) electrons. The van der Waals surface area contributed by atoms with Crippen LogP contribution in [0.25, 0.3) is 0 Å². The van der Waals surface area contributed by atoms with Crippen molar-refractivity contribution in [2.45, 2.75) is 19.4 Å². The summed E-state index contributed by atoms with van der Waals surface area (Å²) in [4.78, 5) is 10.4. The topological polar surface area (TPSA) is 130 Å². The van der Waals surface area contributed by atoms with Crippen molar-refractivity contribution in [2.24, 2.45) is 17.4 Å². The molecule has 0 saturated heterocycles. The van der Waals surface area contributed by atoms with Crippen molar-refractivity contribution in [3.8, 4) is 0 Å². The third-order valence-electron chi connectivity index (χ3n) is 1.71. The molecule has 0 bridgehead atoms. The lowest BCUT2D eigenvalue weighted by Crippen LogP contribution is -2.91. The Labute approximate surface area is 76.8 Å². The van der Waals surface area contributed by atoms with Crippen molar-refractivity contribution >= 4 is 11.9 Å². The van der Waals surface area contributed by atoms with Gasteiger partial charge in [-0.25, -0.2) is 5.41 Å².